The van der Waals surface area contributed by atoms with Crippen molar-refractivity contribution in [3.05, 3.63) is 29.6 Å². The van der Waals surface area contributed by atoms with Crippen molar-refractivity contribution >= 4 is 6.21 Å². The van der Waals surface area contributed by atoms with Gasteiger partial charge in [0.05, 0.1) is 0 Å². The Labute approximate surface area is 72.3 Å². The molecule has 0 radical (unpaired) electrons. The molecule has 64 valence electrons. The zero-order chi connectivity index (χ0) is 8.81. The first-order valence-corrected chi connectivity index (χ1v) is 3.96. The quantitative estimate of drug-likeness (QED) is 0.414. The molecule has 0 saturated heterocycles. The fourth-order valence-electron chi connectivity index (χ4n) is 1.05. The summed E-state index contributed by atoms with van der Waals surface area (Å²) in [7, 11) is 0. The average molecular weight is 163 g/mol. The van der Waals surface area contributed by atoms with Crippen molar-refractivity contribution in [1.82, 2.24) is 4.98 Å². The summed E-state index contributed by atoms with van der Waals surface area (Å²) in [5.74, 6) is 4.98. The van der Waals surface area contributed by atoms with E-state index in [9.17, 15) is 0 Å². The third-order valence-electron chi connectivity index (χ3n) is 1.80. The van der Waals surface area contributed by atoms with Crippen LogP contribution in [-0.2, 0) is 6.42 Å². The number of rotatable bonds is 3. The second kappa shape index (κ2) is 4.49. The molecule has 0 fully saturated rings. The van der Waals surface area contributed by atoms with Crippen LogP contribution in [-0.4, -0.2) is 11.2 Å². The molecule has 0 unspecified atom stereocenters. The Morgan fingerprint density at radius 3 is 3.17 bits per heavy atom. The minimum atomic E-state index is 0.878. The van der Waals surface area contributed by atoms with E-state index in [0.717, 1.165) is 12.8 Å². The topological polar surface area (TPSA) is 51.3 Å². The summed E-state index contributed by atoms with van der Waals surface area (Å²) in [6.07, 6.45) is 7.24. The van der Waals surface area contributed by atoms with E-state index < -0.39 is 0 Å². The lowest BCUT2D eigenvalue weighted by molar-refractivity contribution is 1.01. The zero-order valence-electron chi connectivity index (χ0n) is 7.20. The van der Waals surface area contributed by atoms with E-state index in [4.69, 9.17) is 5.84 Å². The molecule has 0 bridgehead atoms. The van der Waals surface area contributed by atoms with Crippen molar-refractivity contribution in [3.63, 3.8) is 0 Å². The van der Waals surface area contributed by atoms with Gasteiger partial charge in [-0.05, 0) is 37.0 Å². The molecule has 0 aliphatic rings. The van der Waals surface area contributed by atoms with Crippen LogP contribution < -0.4 is 5.84 Å². The molecule has 1 heterocycles. The molecule has 1 rings (SSSR count). The molecule has 12 heavy (non-hydrogen) atoms. The smallest absolute Gasteiger partial charge is 0.0302 e. The van der Waals surface area contributed by atoms with Crippen molar-refractivity contribution in [1.29, 1.82) is 0 Å². The van der Waals surface area contributed by atoms with Crippen LogP contribution in [0.5, 0.6) is 0 Å². The van der Waals surface area contributed by atoms with Crippen molar-refractivity contribution in [2.24, 2.45) is 10.9 Å². The average Bonchev–Trinajstić information content (AvgIpc) is 2.09. The SMILES string of the molecule is Cc1ccncc1CC/C=N/N. The summed E-state index contributed by atoms with van der Waals surface area (Å²) >= 11 is 0. The Hall–Kier alpha value is -1.38. The number of aryl methyl sites for hydroxylation is 2. The van der Waals surface area contributed by atoms with Gasteiger partial charge in [-0.1, -0.05) is 0 Å². The van der Waals surface area contributed by atoms with E-state index >= 15 is 0 Å². The maximum absolute atomic E-state index is 4.98. The third-order valence-corrected chi connectivity index (χ3v) is 1.80. The number of nitrogens with zero attached hydrogens (tertiary/aromatic N) is 2. The first-order chi connectivity index (χ1) is 5.84. The summed E-state index contributed by atoms with van der Waals surface area (Å²) < 4.78 is 0. The summed E-state index contributed by atoms with van der Waals surface area (Å²) in [4.78, 5) is 4.05. The summed E-state index contributed by atoms with van der Waals surface area (Å²) in [6, 6.07) is 2.01. The maximum Gasteiger partial charge on any atom is 0.0302 e. The Kier molecular flexibility index (Phi) is 3.26. The van der Waals surface area contributed by atoms with E-state index in [2.05, 4.69) is 17.0 Å². The van der Waals surface area contributed by atoms with E-state index in [1.807, 2.05) is 12.3 Å². The highest BCUT2D eigenvalue weighted by atomic mass is 15.1. The van der Waals surface area contributed by atoms with Crippen LogP contribution in [0, 0.1) is 6.92 Å². The lowest BCUT2D eigenvalue weighted by Gasteiger charge is -2.00. The Morgan fingerprint density at radius 2 is 2.50 bits per heavy atom. The molecule has 3 heteroatoms. The number of hydrazone groups is 1. The van der Waals surface area contributed by atoms with Gasteiger partial charge in [-0.15, -0.1) is 0 Å². The molecule has 0 amide bonds. The standard InChI is InChI=1S/C9H13N3/c1-8-4-6-11-7-9(8)3-2-5-12-10/h4-7H,2-3,10H2,1H3/b12-5+. The molecular weight excluding hydrogens is 150 g/mol. The maximum atomic E-state index is 4.98. The van der Waals surface area contributed by atoms with Crippen LogP contribution in [0.3, 0.4) is 0 Å². The molecule has 0 atom stereocenters. The van der Waals surface area contributed by atoms with Gasteiger partial charge in [-0.2, -0.15) is 5.10 Å². The first-order valence-electron chi connectivity index (χ1n) is 3.96. The highest BCUT2D eigenvalue weighted by molar-refractivity contribution is 5.57. The van der Waals surface area contributed by atoms with Crippen molar-refractivity contribution < 1.29 is 0 Å². The minimum absolute atomic E-state index is 0.878. The molecule has 0 spiro atoms. The number of hydrogen-bond acceptors (Lipinski definition) is 3. The summed E-state index contributed by atoms with van der Waals surface area (Å²) in [5.41, 5.74) is 2.54. The van der Waals surface area contributed by atoms with Crippen LogP contribution in [0.15, 0.2) is 23.6 Å². The highest BCUT2D eigenvalue weighted by Crippen LogP contribution is 2.06. The normalized spacial score (nSPS) is 10.8. The number of hydrogen-bond donors (Lipinski definition) is 1. The van der Waals surface area contributed by atoms with Gasteiger partial charge >= 0.3 is 0 Å². The fourth-order valence-corrected chi connectivity index (χ4v) is 1.05. The summed E-state index contributed by atoms with van der Waals surface area (Å²) in [6.45, 7) is 2.08. The second-order valence-corrected chi connectivity index (χ2v) is 2.67. The first kappa shape index (κ1) is 8.71. The monoisotopic (exact) mass is 163 g/mol. The van der Waals surface area contributed by atoms with Gasteiger partial charge in [0.25, 0.3) is 0 Å². The molecule has 1 aromatic heterocycles. The van der Waals surface area contributed by atoms with E-state index in [-0.39, 0.29) is 0 Å². The predicted molar refractivity (Wildman–Crippen MR) is 50.0 cm³/mol. The molecular formula is C9H13N3. The van der Waals surface area contributed by atoms with Gasteiger partial charge in [0.1, 0.15) is 0 Å². The van der Waals surface area contributed by atoms with Gasteiger partial charge in [0.2, 0.25) is 0 Å². The van der Waals surface area contributed by atoms with Gasteiger partial charge in [0, 0.05) is 18.6 Å². The number of pyridine rings is 1. The number of nitrogens with two attached hydrogens (primary N) is 1. The highest BCUT2D eigenvalue weighted by Gasteiger charge is 1.95. The van der Waals surface area contributed by atoms with Crippen LogP contribution in [0.1, 0.15) is 17.5 Å². The lowest BCUT2D eigenvalue weighted by atomic mass is 10.1. The van der Waals surface area contributed by atoms with Crippen molar-refractivity contribution in [2.75, 3.05) is 0 Å². The van der Waals surface area contributed by atoms with Gasteiger partial charge in [-0.3, -0.25) is 4.98 Å². The van der Waals surface area contributed by atoms with Crippen molar-refractivity contribution in [3.8, 4) is 0 Å². The van der Waals surface area contributed by atoms with Crippen LogP contribution in [0.2, 0.25) is 0 Å². The fraction of sp³-hybridized carbons (Fsp3) is 0.333. The van der Waals surface area contributed by atoms with Crippen LogP contribution in [0.25, 0.3) is 0 Å². The minimum Gasteiger partial charge on any atom is -0.324 e. The molecule has 3 nitrogen and oxygen atoms in total. The molecule has 2 N–H and O–H groups in total. The Bertz CT molecular complexity index is 268. The molecule has 0 aromatic carbocycles. The van der Waals surface area contributed by atoms with E-state index in [1.54, 1.807) is 12.4 Å². The predicted octanol–water partition coefficient (Wildman–Crippen LogP) is 1.27. The van der Waals surface area contributed by atoms with Crippen LogP contribution >= 0.6 is 0 Å². The van der Waals surface area contributed by atoms with Gasteiger partial charge in [0.15, 0.2) is 0 Å². The molecule has 0 saturated carbocycles. The largest absolute Gasteiger partial charge is 0.324 e. The molecule has 1 aromatic rings. The Balaban J connectivity index is 2.57. The van der Waals surface area contributed by atoms with Gasteiger partial charge < -0.3 is 5.84 Å². The van der Waals surface area contributed by atoms with Crippen LogP contribution in [0.4, 0.5) is 0 Å². The Morgan fingerprint density at radius 1 is 1.67 bits per heavy atom. The summed E-state index contributed by atoms with van der Waals surface area (Å²) in [5, 5.41) is 3.44. The van der Waals surface area contributed by atoms with Crippen molar-refractivity contribution in [2.45, 2.75) is 19.8 Å². The van der Waals surface area contributed by atoms with E-state index in [1.165, 1.54) is 11.1 Å². The lowest BCUT2D eigenvalue weighted by Crippen LogP contribution is -1.92. The molecule has 0 aliphatic heterocycles. The van der Waals surface area contributed by atoms with Gasteiger partial charge in [-0.25, -0.2) is 0 Å². The number of aromatic nitrogens is 1. The van der Waals surface area contributed by atoms with E-state index in [0.29, 0.717) is 0 Å². The zero-order valence-corrected chi connectivity index (χ0v) is 7.20. The second-order valence-electron chi connectivity index (χ2n) is 2.67. The molecule has 0 aliphatic carbocycles. The third kappa shape index (κ3) is 2.34.